The van der Waals surface area contributed by atoms with Gasteiger partial charge < -0.3 is 26.0 Å². The van der Waals surface area contributed by atoms with Gasteiger partial charge in [0.05, 0.1) is 0 Å². The molecular weight excluding hydrogens is 260 g/mol. The molecular formula is C10H16N2O3S2. The summed E-state index contributed by atoms with van der Waals surface area (Å²) in [5.41, 5.74) is 4.40. The van der Waals surface area contributed by atoms with Crippen LogP contribution in [0.1, 0.15) is 0 Å². The first-order valence-corrected chi connectivity index (χ1v) is 5.21. The highest BCUT2D eigenvalue weighted by Gasteiger charge is 1.86. The van der Waals surface area contributed by atoms with Crippen LogP contribution in [0.2, 0.25) is 0 Å². The first-order chi connectivity index (χ1) is 7.77. The smallest absolute Gasteiger partial charge is 0.256 e. The number of para-hydroxylation sites is 1. The van der Waals surface area contributed by atoms with Crippen LogP contribution in [-0.4, -0.2) is 44.7 Å². The molecule has 1 aromatic carbocycles. The molecule has 0 aliphatic carbocycles. The molecule has 0 radical (unpaired) electrons. The summed E-state index contributed by atoms with van der Waals surface area (Å²) in [6, 6.07) is 8.71. The van der Waals surface area contributed by atoms with E-state index in [0.717, 1.165) is 0 Å². The number of hydrogen-bond donors (Lipinski definition) is 4. The van der Waals surface area contributed by atoms with Crippen LogP contribution in [0.15, 0.2) is 30.3 Å². The van der Waals surface area contributed by atoms with Crippen molar-refractivity contribution in [3.8, 4) is 5.75 Å². The maximum absolute atomic E-state index is 8.63. The molecule has 0 atom stereocenters. The van der Waals surface area contributed by atoms with Gasteiger partial charge in [-0.3, -0.25) is 0 Å². The van der Waals surface area contributed by atoms with Crippen molar-refractivity contribution in [1.29, 1.82) is 0 Å². The number of hydrogen-bond acceptors (Lipinski definition) is 3. The lowest BCUT2D eigenvalue weighted by molar-refractivity contribution is 0.442. The number of phenols is 1. The predicted molar refractivity (Wildman–Crippen MR) is 76.4 cm³/mol. The summed E-state index contributed by atoms with van der Waals surface area (Å²) in [6.07, 6.45) is 0. The standard InChI is InChI=1S/C6H6O.C3H7NOS.CH3NOS/c7-6-4-2-1-3-5-6;1-4(2)3(5)6;2-1(3)4/h1-5,7H;1-2H3,(H,5,6);(H3,2,3,4). The van der Waals surface area contributed by atoms with Crippen molar-refractivity contribution < 1.29 is 15.3 Å². The molecule has 0 unspecified atom stereocenters. The van der Waals surface area contributed by atoms with Gasteiger partial charge in [0.1, 0.15) is 5.75 Å². The first kappa shape index (κ1) is 17.8. The maximum atomic E-state index is 8.63. The third-order valence-electron chi connectivity index (χ3n) is 1.14. The number of nitrogens with two attached hydrogens (primary N) is 1. The van der Waals surface area contributed by atoms with Crippen molar-refractivity contribution in [1.82, 2.24) is 4.90 Å². The average Bonchev–Trinajstić information content (AvgIpc) is 2.18. The van der Waals surface area contributed by atoms with Crippen LogP contribution in [0.25, 0.3) is 0 Å². The van der Waals surface area contributed by atoms with E-state index in [1.807, 2.05) is 6.07 Å². The van der Waals surface area contributed by atoms with E-state index in [2.05, 4.69) is 30.2 Å². The Bertz CT molecular complexity index is 328. The molecule has 0 heterocycles. The zero-order valence-electron chi connectivity index (χ0n) is 9.57. The fourth-order valence-corrected chi connectivity index (χ4v) is 0.428. The highest BCUT2D eigenvalue weighted by molar-refractivity contribution is 7.80. The number of thiocarbonyl (C=S) groups is 2. The van der Waals surface area contributed by atoms with E-state index < -0.39 is 5.17 Å². The summed E-state index contributed by atoms with van der Waals surface area (Å²) in [6.45, 7) is 0. The van der Waals surface area contributed by atoms with E-state index in [-0.39, 0.29) is 5.17 Å². The Hall–Kier alpha value is -1.60. The Kier molecular flexibility index (Phi) is 11.4. The van der Waals surface area contributed by atoms with Crippen LogP contribution in [-0.2, 0) is 0 Å². The van der Waals surface area contributed by atoms with Crippen molar-refractivity contribution >= 4 is 34.8 Å². The Morgan fingerprint density at radius 1 is 1.12 bits per heavy atom. The second-order valence-electron chi connectivity index (χ2n) is 2.85. The van der Waals surface area contributed by atoms with Crippen LogP contribution in [0, 0.1) is 0 Å². The Morgan fingerprint density at radius 2 is 1.41 bits per heavy atom. The largest absolute Gasteiger partial charge is 0.508 e. The molecule has 1 aromatic rings. The maximum Gasteiger partial charge on any atom is 0.256 e. The number of aliphatic hydroxyl groups excluding tert-OH is 2. The molecule has 0 spiro atoms. The fourth-order valence-electron chi connectivity index (χ4n) is 0.428. The highest BCUT2D eigenvalue weighted by atomic mass is 32.1. The highest BCUT2D eigenvalue weighted by Crippen LogP contribution is 2.02. The number of aliphatic hydroxyl groups is 2. The lowest BCUT2D eigenvalue weighted by Crippen LogP contribution is -2.17. The molecule has 0 amide bonds. The number of benzene rings is 1. The van der Waals surface area contributed by atoms with E-state index in [1.54, 1.807) is 38.4 Å². The van der Waals surface area contributed by atoms with Gasteiger partial charge in [-0.15, -0.1) is 0 Å². The topological polar surface area (TPSA) is 90.0 Å². The van der Waals surface area contributed by atoms with Crippen molar-refractivity contribution in [2.24, 2.45) is 5.73 Å². The van der Waals surface area contributed by atoms with Crippen LogP contribution in [0.5, 0.6) is 5.75 Å². The van der Waals surface area contributed by atoms with Crippen LogP contribution >= 0.6 is 24.4 Å². The van der Waals surface area contributed by atoms with Gasteiger partial charge >= 0.3 is 0 Å². The second kappa shape index (κ2) is 10.9. The van der Waals surface area contributed by atoms with Crippen molar-refractivity contribution in [3.05, 3.63) is 30.3 Å². The average molecular weight is 276 g/mol. The Labute approximate surface area is 111 Å². The molecule has 0 fully saturated rings. The van der Waals surface area contributed by atoms with Gasteiger partial charge in [-0.05, 0) is 36.6 Å². The summed E-state index contributed by atoms with van der Waals surface area (Å²) in [7, 11) is 3.37. The summed E-state index contributed by atoms with van der Waals surface area (Å²) < 4.78 is 0. The Morgan fingerprint density at radius 3 is 1.53 bits per heavy atom. The first-order valence-electron chi connectivity index (χ1n) is 4.40. The summed E-state index contributed by atoms with van der Waals surface area (Å²) in [5.74, 6) is 0.322. The summed E-state index contributed by atoms with van der Waals surface area (Å²) >= 11 is 8.17. The number of rotatable bonds is 0. The minimum Gasteiger partial charge on any atom is -0.508 e. The van der Waals surface area contributed by atoms with E-state index >= 15 is 0 Å². The van der Waals surface area contributed by atoms with E-state index in [4.69, 9.17) is 15.3 Å². The molecule has 7 heteroatoms. The lowest BCUT2D eigenvalue weighted by atomic mass is 10.3. The predicted octanol–water partition coefficient (Wildman–Crippen LogP) is 1.57. The number of aromatic hydroxyl groups is 1. The van der Waals surface area contributed by atoms with Gasteiger partial charge in [-0.1, -0.05) is 18.2 Å². The van der Waals surface area contributed by atoms with Gasteiger partial charge in [0, 0.05) is 14.1 Å². The molecule has 17 heavy (non-hydrogen) atoms. The minimum atomic E-state index is -0.500. The summed E-state index contributed by atoms with van der Waals surface area (Å²) in [5, 5.41) is 23.9. The van der Waals surface area contributed by atoms with Crippen LogP contribution in [0.4, 0.5) is 0 Å². The van der Waals surface area contributed by atoms with Gasteiger partial charge in [-0.2, -0.15) is 0 Å². The van der Waals surface area contributed by atoms with Crippen molar-refractivity contribution in [3.63, 3.8) is 0 Å². The zero-order chi connectivity index (χ0) is 13.8. The fraction of sp³-hybridized carbons (Fsp3) is 0.200. The molecule has 0 saturated heterocycles. The van der Waals surface area contributed by atoms with Crippen molar-refractivity contribution in [2.45, 2.75) is 0 Å². The molecule has 96 valence electrons. The molecule has 0 aromatic heterocycles. The van der Waals surface area contributed by atoms with E-state index in [0.29, 0.717) is 5.75 Å². The second-order valence-corrected chi connectivity index (χ2v) is 3.63. The Balaban J connectivity index is 0. The van der Waals surface area contributed by atoms with Crippen LogP contribution in [0.3, 0.4) is 0 Å². The van der Waals surface area contributed by atoms with Gasteiger partial charge in [0.2, 0.25) is 0 Å². The van der Waals surface area contributed by atoms with E-state index in [9.17, 15) is 0 Å². The number of phenolic OH excluding ortho intramolecular Hbond substituents is 1. The quantitative estimate of drug-likeness (QED) is 0.535. The molecule has 0 saturated carbocycles. The molecule has 5 N–H and O–H groups in total. The van der Waals surface area contributed by atoms with Crippen LogP contribution < -0.4 is 5.73 Å². The number of nitrogens with zero attached hydrogens (tertiary/aromatic N) is 1. The molecule has 1 rings (SSSR count). The normalized spacial score (nSPS) is 7.65. The summed E-state index contributed by atoms with van der Waals surface area (Å²) in [4.78, 5) is 1.45. The van der Waals surface area contributed by atoms with Gasteiger partial charge in [0.15, 0.2) is 0 Å². The van der Waals surface area contributed by atoms with Gasteiger partial charge in [0.25, 0.3) is 10.3 Å². The van der Waals surface area contributed by atoms with Gasteiger partial charge in [-0.25, -0.2) is 0 Å². The van der Waals surface area contributed by atoms with E-state index in [1.165, 1.54) is 4.90 Å². The monoisotopic (exact) mass is 276 g/mol. The lowest BCUT2D eigenvalue weighted by Gasteiger charge is -2.03. The molecule has 0 bridgehead atoms. The third kappa shape index (κ3) is 20.5. The molecule has 0 aliphatic rings. The van der Waals surface area contributed by atoms with Crippen molar-refractivity contribution in [2.75, 3.05) is 14.1 Å². The third-order valence-corrected chi connectivity index (χ3v) is 1.50. The minimum absolute atomic E-state index is 0.0741. The zero-order valence-corrected chi connectivity index (χ0v) is 11.2. The molecule has 0 aliphatic heterocycles. The SMILES string of the molecule is CN(C)C(O)=S.NC(O)=S.Oc1ccccc1. The molecule has 5 nitrogen and oxygen atoms in total.